The third-order valence-electron chi connectivity index (χ3n) is 0. The fraction of sp³-hybridized carbons (Fsp3) is 0. The van der Waals surface area contributed by atoms with Crippen molar-refractivity contribution < 1.29 is 377 Å². The summed E-state index contributed by atoms with van der Waals surface area (Å²) in [6, 6.07) is 0. The second-order valence-electron chi connectivity index (χ2n) is 0.756. The van der Waals surface area contributed by atoms with Crippen molar-refractivity contribution in [3.05, 3.63) is 0 Å². The Balaban J connectivity index is -0.00000000384. The Kier molecular flexibility index (Phi) is 440. The molecule has 0 unspecified atom stereocenters. The van der Waals surface area contributed by atoms with Gasteiger partial charge in [-0.3, -0.25) is 0 Å². The maximum atomic E-state index is 8.41. The smallest absolute Gasteiger partial charge is 2.00 e. The van der Waals surface area contributed by atoms with Gasteiger partial charge in [-0.15, -0.1) is 0 Å². The van der Waals surface area contributed by atoms with Crippen LogP contribution in [0.2, 0.25) is 0 Å². The van der Waals surface area contributed by atoms with Gasteiger partial charge in [0.05, 0.1) is 43.1 Å². The molecule has 0 spiro atoms. The van der Waals surface area contributed by atoms with E-state index in [4.69, 9.17) is 55.9 Å². The summed E-state index contributed by atoms with van der Waals surface area (Å²) in [5.74, 6) is 0. The van der Waals surface area contributed by atoms with Gasteiger partial charge in [0.15, 0.2) is 0 Å². The van der Waals surface area contributed by atoms with Crippen LogP contribution in [0.5, 0.6) is 0 Å². The van der Waals surface area contributed by atoms with E-state index in [2.05, 4.69) is 0 Å². The molecule has 16 nitrogen and oxygen atoms in total. The number of rotatable bonds is 0. The SMILES string of the molecule is [Na+].[Na+].[Na+].[Na+].[Na+].[Na+].[Na+].[Na+].[O-2].[O-2].[O-2].[O-2].[O-][Cl+2]([O-])[O-].[O-][Cl+2]([O-])[O-].[O-][Cl+2]([O-])[O-].[O-][Cl+2]([O-])[O-].[Os+4]. The van der Waals surface area contributed by atoms with Gasteiger partial charge in [-0.1, -0.05) is 0 Å². The first-order valence-electron chi connectivity index (χ1n) is 1.85. The molecule has 0 aromatic heterocycles. The van der Waals surface area contributed by atoms with Crippen LogP contribution in [0.25, 0.3) is 0 Å². The molecule has 0 saturated heterocycles. The fourth-order valence-electron chi connectivity index (χ4n) is 0. The average Bonchev–Trinajstić information content (AvgIpc) is 1.76. The Morgan fingerprint density at radius 2 is 0.241 bits per heavy atom. The van der Waals surface area contributed by atoms with E-state index >= 15 is 0 Å². The molecular weight excluding hydrogens is 772 g/mol. The summed E-state index contributed by atoms with van der Waals surface area (Å²) >= 11 is 0. The third-order valence-corrected chi connectivity index (χ3v) is 0. The topological polar surface area (TPSA) is 391 Å². The Bertz CT molecular complexity index is 87.9. The van der Waals surface area contributed by atoms with Gasteiger partial charge in [-0.2, -0.15) is 0 Å². The van der Waals surface area contributed by atoms with Crippen molar-refractivity contribution in [2.75, 3.05) is 0 Å². The van der Waals surface area contributed by atoms with Gasteiger partial charge < -0.3 is 77.8 Å². The van der Waals surface area contributed by atoms with E-state index < -0.39 is 43.1 Å². The Morgan fingerprint density at radius 3 is 0.241 bits per heavy atom. The number of hydrogen-bond acceptors (Lipinski definition) is 12. The molecule has 0 bridgehead atoms. The first-order chi connectivity index (χ1) is 6.93. The van der Waals surface area contributed by atoms with Crippen molar-refractivity contribution >= 4 is 0 Å². The van der Waals surface area contributed by atoms with Gasteiger partial charge in [-0.05, 0) is 0 Å². The normalized spacial score (nSPS) is 4.97. The summed E-state index contributed by atoms with van der Waals surface area (Å²) in [6.45, 7) is 0. The van der Waals surface area contributed by atoms with E-state index in [1.807, 2.05) is 0 Å². The maximum absolute atomic E-state index is 8.41. The van der Waals surface area contributed by atoms with Gasteiger partial charge in [0.2, 0.25) is 0 Å². The van der Waals surface area contributed by atoms with Gasteiger partial charge in [0.1, 0.15) is 0 Å². The zero-order chi connectivity index (χ0) is 14.3. The van der Waals surface area contributed by atoms with E-state index in [1.54, 1.807) is 0 Å². The summed E-state index contributed by atoms with van der Waals surface area (Å²) in [5, 5.41) is 0. The van der Waals surface area contributed by atoms with Gasteiger partial charge >= 0.3 is 256 Å². The first-order valence-corrected chi connectivity index (χ1v) is 5.55. The molecule has 0 aliphatic rings. The van der Waals surface area contributed by atoms with Crippen molar-refractivity contribution in [3.63, 3.8) is 0 Å². The van der Waals surface area contributed by atoms with Crippen LogP contribution in [0.3, 0.4) is 0 Å². The Labute approximate surface area is 368 Å². The number of halogens is 4. The standard InChI is InChI=1S/4ClO3.8Na.4O.Os/c4*2-1(3)4;;;;;;;;;;;;;/q4*-1;8*+1;4*-2;+4. The quantitative estimate of drug-likeness (QED) is 0.207. The van der Waals surface area contributed by atoms with Crippen molar-refractivity contribution in [2.45, 2.75) is 0 Å². The van der Waals surface area contributed by atoms with Gasteiger partial charge in [0, 0.05) is 0 Å². The largest absolute Gasteiger partial charge is 4.00 e. The summed E-state index contributed by atoms with van der Waals surface area (Å²) in [5.41, 5.74) is 0. The molecule has 0 atom stereocenters. The summed E-state index contributed by atoms with van der Waals surface area (Å²) < 4.78 is 101. The summed E-state index contributed by atoms with van der Waals surface area (Å²) in [7, 11) is -11.4. The van der Waals surface area contributed by atoms with E-state index in [-0.39, 0.29) is 278 Å². The molecule has 0 aromatic rings. The number of hydrogen-bond donors (Lipinski definition) is 0. The van der Waals surface area contributed by atoms with Crippen LogP contribution in [0.1, 0.15) is 0 Å². The second kappa shape index (κ2) is 109. The van der Waals surface area contributed by atoms with Crippen LogP contribution in [0.4, 0.5) is 0 Å². The van der Waals surface area contributed by atoms with E-state index in [1.165, 1.54) is 0 Å². The van der Waals surface area contributed by atoms with Crippen molar-refractivity contribution in [2.24, 2.45) is 0 Å². The van der Waals surface area contributed by atoms with E-state index in [0.29, 0.717) is 0 Å². The maximum Gasteiger partial charge on any atom is 4.00 e. The predicted octanol–water partition coefficient (Wildman–Crippen LogP) is -38.7. The minimum absolute atomic E-state index is 0. The molecule has 0 saturated carbocycles. The van der Waals surface area contributed by atoms with Gasteiger partial charge in [0.25, 0.3) is 0 Å². The van der Waals surface area contributed by atoms with Crippen molar-refractivity contribution in [1.82, 2.24) is 0 Å². The summed E-state index contributed by atoms with van der Waals surface area (Å²) in [6.07, 6.45) is 0. The molecule has 0 rings (SSSR count). The molecule has 0 aliphatic heterocycles. The minimum Gasteiger partial charge on any atom is -2.00 e. The van der Waals surface area contributed by atoms with Crippen LogP contribution in [-0.2, 0) is 41.7 Å². The average molecular weight is 772 g/mol. The van der Waals surface area contributed by atoms with Crippen LogP contribution in [-0.4, -0.2) is 0 Å². The van der Waals surface area contributed by atoms with E-state index in [0.717, 1.165) is 0 Å². The Morgan fingerprint density at radius 1 is 0.241 bits per heavy atom. The molecule has 29 heteroatoms. The van der Waals surface area contributed by atoms with Crippen LogP contribution in [0, 0.1) is 43.1 Å². The molecule has 0 N–H and O–H groups in total. The molecule has 0 fully saturated rings. The summed E-state index contributed by atoms with van der Waals surface area (Å²) in [4.78, 5) is 0. The zero-order valence-electron chi connectivity index (χ0n) is 16.4. The molecule has 0 aliphatic carbocycles. The monoisotopic (exact) mass is 772 g/mol. The minimum atomic E-state index is -2.85. The molecule has 0 aromatic carbocycles. The first kappa shape index (κ1) is 118. The van der Waals surface area contributed by atoms with Crippen LogP contribution >= 0.6 is 0 Å². The second-order valence-corrected chi connectivity index (χ2v) is 2.27. The van der Waals surface area contributed by atoms with E-state index in [9.17, 15) is 0 Å². The van der Waals surface area contributed by atoms with Crippen molar-refractivity contribution in [3.8, 4) is 0 Å². The van der Waals surface area contributed by atoms with Crippen LogP contribution in [0.15, 0.2) is 0 Å². The molecule has 29 heavy (non-hydrogen) atoms. The molecule has 0 radical (unpaired) electrons. The molecular formula is Cl4Na8O16Os. The van der Waals surface area contributed by atoms with Gasteiger partial charge in [-0.25, -0.2) is 0 Å². The third kappa shape index (κ3) is 548. The Hall–Kier alpha value is 9.16. The fourth-order valence-corrected chi connectivity index (χ4v) is 0. The zero-order valence-corrected chi connectivity index (χ0v) is 38.0. The van der Waals surface area contributed by atoms with Crippen LogP contribution < -0.4 is 292 Å². The molecule has 0 heterocycles. The van der Waals surface area contributed by atoms with Crippen molar-refractivity contribution in [1.29, 1.82) is 0 Å². The predicted molar refractivity (Wildman–Crippen MR) is 2.75 cm³/mol. The molecule has 0 amide bonds. The molecule has 140 valence electrons.